The smallest absolute Gasteiger partial charge is 0.325 e. The van der Waals surface area contributed by atoms with Crippen LogP contribution in [0.4, 0.5) is 4.79 Å². The van der Waals surface area contributed by atoms with Crippen LogP contribution in [0.3, 0.4) is 0 Å². The highest BCUT2D eigenvalue weighted by atomic mass is 16.2. The summed E-state index contributed by atoms with van der Waals surface area (Å²) in [6, 6.07) is -0.436. The molecule has 2 aliphatic rings. The van der Waals surface area contributed by atoms with Crippen molar-refractivity contribution in [2.24, 2.45) is 0 Å². The monoisotopic (exact) mass is 309 g/mol. The van der Waals surface area contributed by atoms with Crippen molar-refractivity contribution in [1.29, 1.82) is 0 Å². The van der Waals surface area contributed by atoms with E-state index in [1.165, 1.54) is 6.42 Å². The molecule has 0 saturated carbocycles. The molecule has 0 atom stereocenters. The molecule has 0 bridgehead atoms. The van der Waals surface area contributed by atoms with Crippen LogP contribution in [0.5, 0.6) is 0 Å². The molecule has 0 aromatic carbocycles. The van der Waals surface area contributed by atoms with Crippen LogP contribution in [0.15, 0.2) is 0 Å². The maximum Gasteiger partial charge on any atom is 0.325 e. The minimum atomic E-state index is -0.826. The van der Waals surface area contributed by atoms with E-state index in [9.17, 15) is 14.4 Å². The number of imide groups is 1. The quantitative estimate of drug-likeness (QED) is 0.806. The summed E-state index contributed by atoms with van der Waals surface area (Å²) in [5, 5.41) is 2.76. The third-order valence-corrected chi connectivity index (χ3v) is 4.96. The zero-order valence-electron chi connectivity index (χ0n) is 13.7. The summed E-state index contributed by atoms with van der Waals surface area (Å²) in [4.78, 5) is 39.9. The van der Waals surface area contributed by atoms with Gasteiger partial charge in [-0.25, -0.2) is 4.79 Å². The molecule has 6 nitrogen and oxygen atoms in total. The third kappa shape index (κ3) is 3.25. The summed E-state index contributed by atoms with van der Waals surface area (Å²) in [7, 11) is 0. The lowest BCUT2D eigenvalue weighted by Gasteiger charge is -2.27. The van der Waals surface area contributed by atoms with Gasteiger partial charge >= 0.3 is 6.03 Å². The van der Waals surface area contributed by atoms with Gasteiger partial charge in [0.1, 0.15) is 12.1 Å². The predicted octanol–water partition coefficient (Wildman–Crippen LogP) is 1.89. The summed E-state index contributed by atoms with van der Waals surface area (Å²) in [6.07, 6.45) is 6.60. The molecule has 0 aliphatic carbocycles. The van der Waals surface area contributed by atoms with Crippen LogP contribution in [0.2, 0.25) is 0 Å². The number of nitrogens with one attached hydrogen (secondary N) is 1. The number of hydrogen-bond acceptors (Lipinski definition) is 3. The highest BCUT2D eigenvalue weighted by molar-refractivity contribution is 6.08. The van der Waals surface area contributed by atoms with Gasteiger partial charge < -0.3 is 10.2 Å². The second-order valence-electron chi connectivity index (χ2n) is 6.26. The maximum atomic E-state index is 12.5. The first-order chi connectivity index (χ1) is 10.5. The summed E-state index contributed by atoms with van der Waals surface area (Å²) < 4.78 is 0. The lowest BCUT2D eigenvalue weighted by atomic mass is 9.93. The van der Waals surface area contributed by atoms with E-state index < -0.39 is 11.6 Å². The molecule has 2 fully saturated rings. The number of nitrogens with zero attached hydrogens (tertiary/aromatic N) is 2. The summed E-state index contributed by atoms with van der Waals surface area (Å²) in [6.45, 7) is 5.09. The number of rotatable bonds is 4. The zero-order valence-corrected chi connectivity index (χ0v) is 13.7. The number of amides is 4. The van der Waals surface area contributed by atoms with Crippen LogP contribution in [0.1, 0.15) is 58.8 Å². The molecule has 0 aromatic heterocycles. The van der Waals surface area contributed by atoms with E-state index in [-0.39, 0.29) is 18.4 Å². The Bertz CT molecular complexity index is 438. The fourth-order valence-electron chi connectivity index (χ4n) is 3.28. The number of hydrogen-bond donors (Lipinski definition) is 1. The fraction of sp³-hybridized carbons (Fsp3) is 0.812. The Morgan fingerprint density at radius 3 is 2.09 bits per heavy atom. The summed E-state index contributed by atoms with van der Waals surface area (Å²) >= 11 is 0. The van der Waals surface area contributed by atoms with Crippen LogP contribution in [0.25, 0.3) is 0 Å². The molecule has 2 aliphatic heterocycles. The normalized spacial score (nSPS) is 22.3. The molecule has 22 heavy (non-hydrogen) atoms. The van der Waals surface area contributed by atoms with Crippen molar-refractivity contribution in [3.05, 3.63) is 0 Å². The molecule has 2 saturated heterocycles. The lowest BCUT2D eigenvalue weighted by molar-refractivity contribution is -0.139. The Labute approximate surface area is 132 Å². The highest BCUT2D eigenvalue weighted by Crippen LogP contribution is 2.25. The van der Waals surface area contributed by atoms with E-state index in [0.29, 0.717) is 12.8 Å². The van der Waals surface area contributed by atoms with E-state index >= 15 is 0 Å². The first kappa shape index (κ1) is 16.8. The molecule has 6 heteroatoms. The SMILES string of the molecule is CCC1(CC)NC(=O)N(CC(=O)N2CCCCCCC2)C1=O. The molecule has 124 valence electrons. The van der Waals surface area contributed by atoms with Crippen molar-refractivity contribution in [3.8, 4) is 0 Å². The number of carbonyl (C=O) groups excluding carboxylic acids is 3. The number of likely N-dealkylation sites (tertiary alicyclic amines) is 1. The van der Waals surface area contributed by atoms with Gasteiger partial charge in [0.15, 0.2) is 0 Å². The number of urea groups is 1. The van der Waals surface area contributed by atoms with Gasteiger partial charge in [-0.2, -0.15) is 0 Å². The molecule has 0 spiro atoms. The Morgan fingerprint density at radius 1 is 1.05 bits per heavy atom. The summed E-state index contributed by atoms with van der Waals surface area (Å²) in [5.74, 6) is -0.378. The van der Waals surface area contributed by atoms with Crippen molar-refractivity contribution < 1.29 is 14.4 Å². The van der Waals surface area contributed by atoms with Crippen LogP contribution in [0, 0.1) is 0 Å². The van der Waals surface area contributed by atoms with Crippen molar-refractivity contribution >= 4 is 17.8 Å². The molecular weight excluding hydrogens is 282 g/mol. The standard InChI is InChI=1S/C16H27N3O3/c1-3-16(4-2)14(21)19(15(22)17-16)12-13(20)18-10-8-6-5-7-9-11-18/h3-12H2,1-2H3,(H,17,22). The van der Waals surface area contributed by atoms with Gasteiger partial charge in [0.05, 0.1) is 0 Å². The minimum absolute atomic E-state index is 0.117. The fourth-order valence-corrected chi connectivity index (χ4v) is 3.28. The first-order valence-corrected chi connectivity index (χ1v) is 8.46. The Morgan fingerprint density at radius 2 is 1.59 bits per heavy atom. The predicted molar refractivity (Wildman–Crippen MR) is 83.2 cm³/mol. The van der Waals surface area contributed by atoms with E-state index in [1.807, 2.05) is 13.8 Å². The highest BCUT2D eigenvalue weighted by Gasteiger charge is 2.49. The van der Waals surface area contributed by atoms with Crippen LogP contribution in [-0.4, -0.2) is 52.8 Å². The topological polar surface area (TPSA) is 69.7 Å². The van der Waals surface area contributed by atoms with Crippen LogP contribution >= 0.6 is 0 Å². The third-order valence-electron chi connectivity index (χ3n) is 4.96. The van der Waals surface area contributed by atoms with Gasteiger partial charge in [0.2, 0.25) is 5.91 Å². The average Bonchev–Trinajstić information content (AvgIpc) is 2.71. The van der Waals surface area contributed by atoms with Crippen LogP contribution in [-0.2, 0) is 9.59 Å². The van der Waals surface area contributed by atoms with Gasteiger partial charge in [0.25, 0.3) is 5.91 Å². The molecule has 2 heterocycles. The van der Waals surface area contributed by atoms with Gasteiger partial charge in [-0.1, -0.05) is 33.1 Å². The van der Waals surface area contributed by atoms with Crippen molar-refractivity contribution in [1.82, 2.24) is 15.1 Å². The van der Waals surface area contributed by atoms with E-state index in [1.54, 1.807) is 4.90 Å². The van der Waals surface area contributed by atoms with E-state index in [4.69, 9.17) is 0 Å². The molecule has 2 rings (SSSR count). The number of carbonyl (C=O) groups is 3. The Hall–Kier alpha value is -1.59. The summed E-state index contributed by atoms with van der Waals surface area (Å²) in [5.41, 5.74) is -0.826. The molecule has 1 N–H and O–H groups in total. The molecule has 0 radical (unpaired) electrons. The molecule has 4 amide bonds. The van der Waals surface area contributed by atoms with E-state index in [2.05, 4.69) is 5.32 Å². The van der Waals surface area contributed by atoms with Crippen LogP contribution < -0.4 is 5.32 Å². The Balaban J connectivity index is 2.01. The van der Waals surface area contributed by atoms with Crippen molar-refractivity contribution in [2.75, 3.05) is 19.6 Å². The van der Waals surface area contributed by atoms with Gasteiger partial charge in [-0.3, -0.25) is 14.5 Å². The molecular formula is C16H27N3O3. The first-order valence-electron chi connectivity index (χ1n) is 8.46. The maximum absolute atomic E-state index is 12.5. The minimum Gasteiger partial charge on any atom is -0.341 e. The van der Waals surface area contributed by atoms with E-state index in [0.717, 1.165) is 43.7 Å². The van der Waals surface area contributed by atoms with Crippen molar-refractivity contribution in [2.45, 2.75) is 64.3 Å². The van der Waals surface area contributed by atoms with Gasteiger partial charge in [0, 0.05) is 13.1 Å². The largest absolute Gasteiger partial charge is 0.341 e. The van der Waals surface area contributed by atoms with Gasteiger partial charge in [-0.15, -0.1) is 0 Å². The second kappa shape index (κ2) is 7.11. The van der Waals surface area contributed by atoms with Crippen molar-refractivity contribution in [3.63, 3.8) is 0 Å². The molecule has 0 unspecified atom stereocenters. The Kier molecular flexibility index (Phi) is 5.42. The molecule has 0 aromatic rings. The second-order valence-corrected chi connectivity index (χ2v) is 6.26. The average molecular weight is 309 g/mol. The zero-order chi connectivity index (χ0) is 16.2. The lowest BCUT2D eigenvalue weighted by Crippen LogP contribution is -2.47. The van der Waals surface area contributed by atoms with Gasteiger partial charge in [-0.05, 0) is 25.7 Å².